The first-order valence-corrected chi connectivity index (χ1v) is 9.27. The van der Waals surface area contributed by atoms with Gasteiger partial charge in [0.25, 0.3) is 7.11 Å². The van der Waals surface area contributed by atoms with Crippen LogP contribution in [0.4, 0.5) is 0 Å². The van der Waals surface area contributed by atoms with Crippen molar-refractivity contribution >= 4 is 39.9 Å². The molecular weight excluding hydrogens is 272 g/mol. The fourth-order valence-electron chi connectivity index (χ4n) is 0.397. The maximum absolute atomic E-state index is 7.00. The molecule has 0 saturated heterocycles. The van der Waals surface area contributed by atoms with Gasteiger partial charge in [-0.05, 0) is 6.42 Å². The van der Waals surface area contributed by atoms with Gasteiger partial charge < -0.3 is 5.11 Å². The van der Waals surface area contributed by atoms with Gasteiger partial charge >= 0.3 is 39.9 Å². The summed E-state index contributed by atoms with van der Waals surface area (Å²) >= 11 is -0.556. The molecule has 0 aliphatic rings. The Labute approximate surface area is 95.5 Å². The van der Waals surface area contributed by atoms with E-state index in [2.05, 4.69) is 17.4 Å². The summed E-state index contributed by atoms with van der Waals surface area (Å²) in [6.45, 7) is 2.15. The van der Waals surface area contributed by atoms with Gasteiger partial charge in [0, 0.05) is 13.2 Å². The summed E-state index contributed by atoms with van der Waals surface area (Å²) in [5.74, 6) is 0. The normalized spacial score (nSPS) is 9.08. The second-order valence-electron chi connectivity index (χ2n) is 1.66. The van der Waals surface area contributed by atoms with Crippen LogP contribution in [0.1, 0.15) is 19.8 Å². The number of aliphatic hydroxyl groups is 1. The van der Waals surface area contributed by atoms with Crippen LogP contribution in [0.25, 0.3) is 0 Å². The fraction of sp³-hybridized carbons (Fsp3) is 0.625. The van der Waals surface area contributed by atoms with E-state index in [9.17, 15) is 0 Å². The predicted octanol–water partition coefficient (Wildman–Crippen LogP) is 2.31. The SMILES string of the molecule is CCC/C=C/C=[O+]C.CO.[Cl][Ge][Cl]. The van der Waals surface area contributed by atoms with E-state index in [0.717, 1.165) is 13.5 Å². The van der Waals surface area contributed by atoms with Crippen LogP contribution in [0, 0.1) is 0 Å². The summed E-state index contributed by atoms with van der Waals surface area (Å²) in [7, 11) is 12.4. The number of unbranched alkanes of at least 4 members (excludes halogenated alkanes) is 1. The monoisotopic (exact) mass is 289 g/mol. The summed E-state index contributed by atoms with van der Waals surface area (Å²) in [6.07, 6.45) is 8.02. The van der Waals surface area contributed by atoms with Crippen molar-refractivity contribution in [2.45, 2.75) is 19.8 Å². The Morgan fingerprint density at radius 3 is 2.15 bits per heavy atom. The molecule has 5 heteroatoms. The van der Waals surface area contributed by atoms with Crippen molar-refractivity contribution in [1.82, 2.24) is 0 Å². The molecule has 13 heavy (non-hydrogen) atoms. The number of aldehydes is 1. The molecule has 0 heterocycles. The average Bonchev–Trinajstić information content (AvgIpc) is 2.17. The molecule has 1 N–H and O–H groups in total. The summed E-state index contributed by atoms with van der Waals surface area (Å²) in [5, 5.41) is 7.00. The molecule has 78 valence electrons. The number of hydrogen-bond donors (Lipinski definition) is 1. The average molecular weight is 289 g/mol. The quantitative estimate of drug-likeness (QED) is 0.367. The number of allylic oxidation sites excluding steroid dienone is 2. The zero-order valence-corrected chi connectivity index (χ0v) is 11.9. The molecule has 0 atom stereocenters. The van der Waals surface area contributed by atoms with E-state index in [0.29, 0.717) is 0 Å². The maximum atomic E-state index is 7.00. The van der Waals surface area contributed by atoms with E-state index < -0.39 is 13.6 Å². The molecule has 0 rings (SSSR count). The van der Waals surface area contributed by atoms with Gasteiger partial charge in [-0.15, -0.1) is 0 Å². The summed E-state index contributed by atoms with van der Waals surface area (Å²) in [6, 6.07) is 0. The number of halogens is 2. The van der Waals surface area contributed by atoms with Crippen molar-refractivity contribution in [3.8, 4) is 0 Å². The van der Waals surface area contributed by atoms with Crippen LogP contribution in [-0.4, -0.2) is 39.2 Å². The summed E-state index contributed by atoms with van der Waals surface area (Å²) in [5.41, 5.74) is 0. The third-order valence-corrected chi connectivity index (χ3v) is 0.806. The third kappa shape index (κ3) is 45.6. The Bertz CT molecular complexity index is 108. The molecular formula is C8H17Cl2GeO2+. The third-order valence-electron chi connectivity index (χ3n) is 0.806. The van der Waals surface area contributed by atoms with Crippen LogP contribution >= 0.6 is 20.0 Å². The Kier molecular flexibility index (Phi) is 43.2. The summed E-state index contributed by atoms with van der Waals surface area (Å²) < 4.78 is 4.68. The van der Waals surface area contributed by atoms with Crippen LogP contribution in [0.15, 0.2) is 12.2 Å². The van der Waals surface area contributed by atoms with E-state index in [4.69, 9.17) is 25.1 Å². The first-order chi connectivity index (χ1) is 6.33. The topological polar surface area (TPSA) is 31.5 Å². The van der Waals surface area contributed by atoms with E-state index in [1.807, 2.05) is 6.08 Å². The molecule has 0 bridgehead atoms. The molecule has 0 aromatic heterocycles. The first-order valence-electron chi connectivity index (χ1n) is 3.75. The molecule has 0 saturated carbocycles. The van der Waals surface area contributed by atoms with Gasteiger partial charge in [-0.1, -0.05) is 19.4 Å². The number of hydrogen-bond acceptors (Lipinski definition) is 1. The van der Waals surface area contributed by atoms with Gasteiger partial charge in [-0.25, -0.2) is 0 Å². The van der Waals surface area contributed by atoms with Crippen molar-refractivity contribution in [2.75, 3.05) is 14.2 Å². The van der Waals surface area contributed by atoms with Crippen molar-refractivity contribution < 1.29 is 9.53 Å². The van der Waals surface area contributed by atoms with Gasteiger partial charge in [-0.2, -0.15) is 0 Å². The van der Waals surface area contributed by atoms with Gasteiger partial charge in [-0.3, -0.25) is 4.42 Å². The Morgan fingerprint density at radius 1 is 1.38 bits per heavy atom. The van der Waals surface area contributed by atoms with Gasteiger partial charge in [0.05, 0.1) is 0 Å². The van der Waals surface area contributed by atoms with E-state index in [1.165, 1.54) is 6.42 Å². The van der Waals surface area contributed by atoms with Gasteiger partial charge in [0.15, 0.2) is 0 Å². The second kappa shape index (κ2) is 29.4. The number of rotatable bonds is 3. The zero-order valence-electron chi connectivity index (χ0n) is 8.26. The second-order valence-corrected chi connectivity index (χ2v) is 4.93. The molecule has 0 aliphatic carbocycles. The minimum absolute atomic E-state index is 0.556. The van der Waals surface area contributed by atoms with Gasteiger partial charge in [0.2, 0.25) is 0 Å². The molecule has 2 nitrogen and oxygen atoms in total. The Balaban J connectivity index is -0.000000169. The Morgan fingerprint density at radius 2 is 1.85 bits per heavy atom. The van der Waals surface area contributed by atoms with Crippen molar-refractivity contribution in [3.63, 3.8) is 0 Å². The van der Waals surface area contributed by atoms with Crippen LogP contribution < -0.4 is 0 Å². The van der Waals surface area contributed by atoms with E-state index in [-0.39, 0.29) is 0 Å². The van der Waals surface area contributed by atoms with E-state index >= 15 is 0 Å². The first kappa shape index (κ1) is 19.1. The molecule has 0 unspecified atom stereocenters. The molecule has 0 aliphatic heterocycles. The van der Waals surface area contributed by atoms with Crippen LogP contribution in [0.3, 0.4) is 0 Å². The van der Waals surface area contributed by atoms with Crippen LogP contribution in [0.2, 0.25) is 0 Å². The summed E-state index contributed by atoms with van der Waals surface area (Å²) in [4.78, 5) is 0. The molecule has 0 aromatic carbocycles. The predicted molar refractivity (Wildman–Crippen MR) is 61.6 cm³/mol. The standard InChI is InChI=1S/C7H13O.CH4O.Cl2Ge/c1-3-4-5-6-7-8-2;1-2;1-3-2/h5-7H,3-4H2,1-2H3;2H,1H3;/q+1;;/b6-5+;;. The van der Waals surface area contributed by atoms with Crippen molar-refractivity contribution in [3.05, 3.63) is 12.2 Å². The van der Waals surface area contributed by atoms with Gasteiger partial charge in [0.1, 0.15) is 0 Å². The molecule has 0 fully saturated rings. The van der Waals surface area contributed by atoms with E-state index in [1.54, 1.807) is 13.4 Å². The molecule has 0 aromatic rings. The minimum atomic E-state index is -0.556. The zero-order chi connectivity index (χ0) is 10.9. The molecule has 0 spiro atoms. The number of aliphatic hydroxyl groups excluding tert-OH is 1. The molecule has 2 radical (unpaired) electrons. The van der Waals surface area contributed by atoms with Crippen molar-refractivity contribution in [1.29, 1.82) is 0 Å². The molecule has 0 amide bonds. The van der Waals surface area contributed by atoms with Crippen LogP contribution in [0.5, 0.6) is 0 Å². The number of carbonyl (C=O) groups excluding carboxylic acids is 1. The van der Waals surface area contributed by atoms with Crippen molar-refractivity contribution in [2.24, 2.45) is 0 Å². The van der Waals surface area contributed by atoms with Crippen LogP contribution in [-0.2, 0) is 4.42 Å². The Hall–Kier alpha value is 0.493. The fourth-order valence-corrected chi connectivity index (χ4v) is 0.397.